The summed E-state index contributed by atoms with van der Waals surface area (Å²) in [5, 5.41) is 12.4. The molecule has 1 saturated heterocycles. The number of benzene rings is 1. The van der Waals surface area contributed by atoms with Crippen molar-refractivity contribution in [2.75, 3.05) is 30.7 Å². The number of rotatable bonds is 4. The van der Waals surface area contributed by atoms with Gasteiger partial charge in [0.05, 0.1) is 12.5 Å². The molecule has 1 aliphatic rings. The first kappa shape index (κ1) is 13.7. The Kier molecular flexibility index (Phi) is 4.64. The van der Waals surface area contributed by atoms with Gasteiger partial charge in [0, 0.05) is 24.0 Å². The Labute approximate surface area is 115 Å². The van der Waals surface area contributed by atoms with Crippen LogP contribution < -0.4 is 11.1 Å². The Morgan fingerprint density at radius 1 is 1.53 bits per heavy atom. The van der Waals surface area contributed by atoms with Crippen molar-refractivity contribution in [2.24, 2.45) is 0 Å². The fourth-order valence-corrected chi connectivity index (χ4v) is 2.63. The molecule has 102 valence electrons. The number of nitriles is 1. The van der Waals surface area contributed by atoms with Crippen LogP contribution in [0.15, 0.2) is 18.2 Å². The predicted molar refractivity (Wildman–Crippen MR) is 78.9 cm³/mol. The Morgan fingerprint density at radius 2 is 2.37 bits per heavy atom. The molecular formula is C15H22N4. The van der Waals surface area contributed by atoms with Crippen molar-refractivity contribution < 1.29 is 0 Å². The van der Waals surface area contributed by atoms with Gasteiger partial charge in [-0.05, 0) is 49.7 Å². The fourth-order valence-electron chi connectivity index (χ4n) is 2.63. The first-order valence-electron chi connectivity index (χ1n) is 6.97. The minimum absolute atomic E-state index is 0.368. The molecule has 0 aromatic heterocycles. The van der Waals surface area contributed by atoms with Crippen LogP contribution in [-0.4, -0.2) is 30.6 Å². The van der Waals surface area contributed by atoms with E-state index >= 15 is 0 Å². The molecule has 0 spiro atoms. The summed E-state index contributed by atoms with van der Waals surface area (Å²) in [6.45, 7) is 5.61. The van der Waals surface area contributed by atoms with E-state index in [1.54, 1.807) is 0 Å². The van der Waals surface area contributed by atoms with Crippen LogP contribution in [0.25, 0.3) is 0 Å². The van der Waals surface area contributed by atoms with Gasteiger partial charge in [0.2, 0.25) is 0 Å². The molecule has 1 heterocycles. The SMILES string of the molecule is CCN1CCCC(Nc2ccc(N)c(CC#N)c2)C1. The molecule has 0 bridgehead atoms. The van der Waals surface area contributed by atoms with Crippen LogP contribution in [0.3, 0.4) is 0 Å². The number of anilines is 2. The third-order valence-corrected chi connectivity index (χ3v) is 3.74. The molecule has 4 nitrogen and oxygen atoms in total. The molecule has 0 amide bonds. The summed E-state index contributed by atoms with van der Waals surface area (Å²) in [7, 11) is 0. The van der Waals surface area contributed by atoms with Crippen molar-refractivity contribution in [3.8, 4) is 6.07 Å². The van der Waals surface area contributed by atoms with Crippen molar-refractivity contribution in [3.63, 3.8) is 0 Å². The van der Waals surface area contributed by atoms with E-state index in [1.165, 1.54) is 19.4 Å². The standard InChI is InChI=1S/C15H22N4/c1-2-19-9-3-4-14(11-19)18-13-5-6-15(17)12(10-13)7-8-16/h5-6,10,14,18H,2-4,7,9,11,17H2,1H3. The van der Waals surface area contributed by atoms with Gasteiger partial charge in [0.15, 0.2) is 0 Å². The quantitative estimate of drug-likeness (QED) is 0.813. The molecule has 1 atom stereocenters. The maximum atomic E-state index is 8.79. The van der Waals surface area contributed by atoms with Crippen molar-refractivity contribution >= 4 is 11.4 Å². The van der Waals surface area contributed by atoms with Crippen LogP contribution in [-0.2, 0) is 6.42 Å². The third-order valence-electron chi connectivity index (χ3n) is 3.74. The summed E-state index contributed by atoms with van der Waals surface area (Å²) in [5.74, 6) is 0. The molecule has 0 aliphatic carbocycles. The molecule has 0 radical (unpaired) electrons. The van der Waals surface area contributed by atoms with Gasteiger partial charge >= 0.3 is 0 Å². The van der Waals surface area contributed by atoms with Gasteiger partial charge in [0.25, 0.3) is 0 Å². The van der Waals surface area contributed by atoms with E-state index in [0.29, 0.717) is 18.2 Å². The van der Waals surface area contributed by atoms with Gasteiger partial charge < -0.3 is 16.0 Å². The van der Waals surface area contributed by atoms with E-state index in [-0.39, 0.29) is 0 Å². The largest absolute Gasteiger partial charge is 0.398 e. The molecule has 1 aromatic carbocycles. The van der Waals surface area contributed by atoms with E-state index in [0.717, 1.165) is 24.3 Å². The van der Waals surface area contributed by atoms with Crippen molar-refractivity contribution in [3.05, 3.63) is 23.8 Å². The molecule has 1 fully saturated rings. The average molecular weight is 258 g/mol. The Hall–Kier alpha value is -1.73. The minimum Gasteiger partial charge on any atom is -0.398 e. The van der Waals surface area contributed by atoms with Crippen LogP contribution in [0.1, 0.15) is 25.3 Å². The maximum absolute atomic E-state index is 8.79. The monoisotopic (exact) mass is 258 g/mol. The summed E-state index contributed by atoms with van der Waals surface area (Å²) in [5.41, 5.74) is 8.55. The predicted octanol–water partition coefficient (Wildman–Crippen LogP) is 2.23. The number of likely N-dealkylation sites (N-methyl/N-ethyl adjacent to an activating group) is 1. The first-order valence-corrected chi connectivity index (χ1v) is 6.97. The van der Waals surface area contributed by atoms with Gasteiger partial charge in [-0.25, -0.2) is 0 Å². The third kappa shape index (κ3) is 3.62. The highest BCUT2D eigenvalue weighted by Crippen LogP contribution is 2.21. The topological polar surface area (TPSA) is 65.1 Å². The Balaban J connectivity index is 2.02. The Morgan fingerprint density at radius 3 is 3.11 bits per heavy atom. The molecule has 1 unspecified atom stereocenters. The van der Waals surface area contributed by atoms with Crippen molar-refractivity contribution in [1.29, 1.82) is 5.26 Å². The summed E-state index contributed by atoms with van der Waals surface area (Å²) in [6, 6.07) is 8.54. The van der Waals surface area contributed by atoms with Gasteiger partial charge in [-0.2, -0.15) is 5.26 Å². The lowest BCUT2D eigenvalue weighted by molar-refractivity contribution is 0.227. The number of nitrogen functional groups attached to an aromatic ring is 1. The van der Waals surface area contributed by atoms with Crippen LogP contribution in [0.4, 0.5) is 11.4 Å². The summed E-state index contributed by atoms with van der Waals surface area (Å²) >= 11 is 0. The highest BCUT2D eigenvalue weighted by molar-refractivity contribution is 5.58. The molecule has 19 heavy (non-hydrogen) atoms. The molecular weight excluding hydrogens is 236 g/mol. The van der Waals surface area contributed by atoms with Crippen molar-refractivity contribution in [2.45, 2.75) is 32.2 Å². The zero-order chi connectivity index (χ0) is 13.7. The second kappa shape index (κ2) is 6.44. The lowest BCUT2D eigenvalue weighted by Gasteiger charge is -2.33. The lowest BCUT2D eigenvalue weighted by atomic mass is 10.0. The normalized spacial score (nSPS) is 19.9. The van der Waals surface area contributed by atoms with E-state index < -0.39 is 0 Å². The molecule has 0 saturated carbocycles. The van der Waals surface area contributed by atoms with Crippen LogP contribution >= 0.6 is 0 Å². The number of likely N-dealkylation sites (tertiary alicyclic amines) is 1. The van der Waals surface area contributed by atoms with Gasteiger partial charge in [-0.3, -0.25) is 0 Å². The zero-order valence-electron chi connectivity index (χ0n) is 11.5. The van der Waals surface area contributed by atoms with Crippen LogP contribution in [0.5, 0.6) is 0 Å². The number of hydrogen-bond acceptors (Lipinski definition) is 4. The van der Waals surface area contributed by atoms with E-state index in [9.17, 15) is 0 Å². The van der Waals surface area contributed by atoms with Crippen molar-refractivity contribution in [1.82, 2.24) is 4.90 Å². The van der Waals surface area contributed by atoms with Crippen LogP contribution in [0, 0.1) is 11.3 Å². The van der Waals surface area contributed by atoms with E-state index in [4.69, 9.17) is 11.0 Å². The van der Waals surface area contributed by atoms with Gasteiger partial charge in [-0.15, -0.1) is 0 Å². The molecule has 1 aromatic rings. The smallest absolute Gasteiger partial charge is 0.0670 e. The summed E-state index contributed by atoms with van der Waals surface area (Å²) in [6.07, 6.45) is 2.81. The fraction of sp³-hybridized carbons (Fsp3) is 0.533. The summed E-state index contributed by atoms with van der Waals surface area (Å²) in [4.78, 5) is 2.47. The zero-order valence-corrected chi connectivity index (χ0v) is 11.5. The molecule has 1 aliphatic heterocycles. The number of hydrogen-bond donors (Lipinski definition) is 2. The first-order chi connectivity index (χ1) is 9.22. The number of piperidine rings is 1. The second-order valence-electron chi connectivity index (χ2n) is 5.13. The lowest BCUT2D eigenvalue weighted by Crippen LogP contribution is -2.41. The van der Waals surface area contributed by atoms with E-state index in [2.05, 4.69) is 23.2 Å². The maximum Gasteiger partial charge on any atom is 0.0670 e. The molecule has 2 rings (SSSR count). The molecule has 3 N–H and O–H groups in total. The van der Waals surface area contributed by atoms with Crippen LogP contribution in [0.2, 0.25) is 0 Å². The van der Waals surface area contributed by atoms with E-state index in [1.807, 2.05) is 18.2 Å². The highest BCUT2D eigenvalue weighted by Gasteiger charge is 2.18. The molecule has 4 heteroatoms. The second-order valence-corrected chi connectivity index (χ2v) is 5.13. The number of nitrogens with zero attached hydrogens (tertiary/aromatic N) is 2. The van der Waals surface area contributed by atoms with Gasteiger partial charge in [-0.1, -0.05) is 6.92 Å². The van der Waals surface area contributed by atoms with Gasteiger partial charge in [0.1, 0.15) is 0 Å². The minimum atomic E-state index is 0.368. The number of nitrogens with one attached hydrogen (secondary N) is 1. The Bertz CT molecular complexity index is 464. The number of nitrogens with two attached hydrogens (primary N) is 1. The summed E-state index contributed by atoms with van der Waals surface area (Å²) < 4.78 is 0. The highest BCUT2D eigenvalue weighted by atomic mass is 15.2. The average Bonchev–Trinajstić information content (AvgIpc) is 2.43.